The van der Waals surface area contributed by atoms with Gasteiger partial charge in [0.1, 0.15) is 0 Å². The van der Waals surface area contributed by atoms with E-state index in [9.17, 15) is 26.4 Å². The van der Waals surface area contributed by atoms with Gasteiger partial charge in [-0.05, 0) is 35.9 Å². The number of morpholine rings is 1. The van der Waals surface area contributed by atoms with Crippen LogP contribution in [0.1, 0.15) is 11.1 Å². The van der Waals surface area contributed by atoms with Gasteiger partial charge >= 0.3 is 6.18 Å². The molecular formula is C20H19F3N2O4S. The van der Waals surface area contributed by atoms with Crippen molar-refractivity contribution in [3.05, 3.63) is 65.7 Å². The third kappa shape index (κ3) is 5.26. The first-order chi connectivity index (χ1) is 14.2. The number of amides is 1. The van der Waals surface area contributed by atoms with Crippen LogP contribution in [-0.2, 0) is 25.7 Å². The summed E-state index contributed by atoms with van der Waals surface area (Å²) in [6.07, 6.45) is -2.12. The Morgan fingerprint density at radius 3 is 2.30 bits per heavy atom. The van der Waals surface area contributed by atoms with Crippen LogP contribution in [0.25, 0.3) is 6.08 Å². The molecule has 1 amide bonds. The number of hydrogen-bond acceptors (Lipinski definition) is 4. The molecule has 0 saturated carbocycles. The third-order valence-corrected chi connectivity index (χ3v) is 6.32. The summed E-state index contributed by atoms with van der Waals surface area (Å²) in [6, 6.07) is 10.5. The molecule has 2 aromatic rings. The predicted octanol–water partition coefficient (Wildman–Crippen LogP) is 3.38. The number of nitrogens with one attached hydrogen (secondary N) is 1. The molecule has 3 rings (SSSR count). The van der Waals surface area contributed by atoms with Crippen molar-refractivity contribution in [3.63, 3.8) is 0 Å². The van der Waals surface area contributed by atoms with Crippen LogP contribution in [0.2, 0.25) is 0 Å². The average molecular weight is 440 g/mol. The van der Waals surface area contributed by atoms with Crippen LogP contribution in [0.15, 0.2) is 59.5 Å². The lowest BCUT2D eigenvalue weighted by Crippen LogP contribution is -2.40. The molecule has 160 valence electrons. The van der Waals surface area contributed by atoms with Gasteiger partial charge < -0.3 is 10.1 Å². The lowest BCUT2D eigenvalue weighted by molar-refractivity contribution is -0.137. The number of carbonyl (C=O) groups excluding carboxylic acids is 1. The molecule has 0 aromatic heterocycles. The standard InChI is InChI=1S/C20H19F3N2O4S/c21-20(22,23)17-3-1-2-4-18(17)24-19(26)10-7-15-5-8-16(9-6-15)30(27,28)25-11-13-29-14-12-25/h1-10H,11-14H2,(H,24,26). The third-order valence-electron chi connectivity index (χ3n) is 4.41. The second kappa shape index (κ2) is 8.99. The summed E-state index contributed by atoms with van der Waals surface area (Å²) in [7, 11) is -3.63. The van der Waals surface area contributed by atoms with Gasteiger partial charge in [-0.3, -0.25) is 4.79 Å². The zero-order valence-corrected chi connectivity index (χ0v) is 16.5. The fourth-order valence-electron chi connectivity index (χ4n) is 2.87. The van der Waals surface area contributed by atoms with E-state index in [0.717, 1.165) is 12.1 Å². The van der Waals surface area contributed by atoms with Crippen LogP contribution in [-0.4, -0.2) is 44.9 Å². The van der Waals surface area contributed by atoms with E-state index in [2.05, 4.69) is 5.32 Å². The van der Waals surface area contributed by atoms with Crippen LogP contribution in [0.5, 0.6) is 0 Å². The number of carbonyl (C=O) groups is 1. The minimum absolute atomic E-state index is 0.116. The van der Waals surface area contributed by atoms with E-state index in [1.54, 1.807) is 0 Å². The normalized spacial score (nSPS) is 16.0. The van der Waals surface area contributed by atoms with Crippen LogP contribution >= 0.6 is 0 Å². The summed E-state index contributed by atoms with van der Waals surface area (Å²) in [5, 5.41) is 2.21. The van der Waals surface area contributed by atoms with E-state index in [0.29, 0.717) is 18.8 Å². The van der Waals surface area contributed by atoms with Gasteiger partial charge in [-0.15, -0.1) is 0 Å². The van der Waals surface area contributed by atoms with Crippen LogP contribution < -0.4 is 5.32 Å². The Kier molecular flexibility index (Phi) is 6.59. The Balaban J connectivity index is 1.68. The first-order valence-electron chi connectivity index (χ1n) is 9.01. The van der Waals surface area contributed by atoms with Gasteiger partial charge in [-0.1, -0.05) is 24.3 Å². The van der Waals surface area contributed by atoms with Crippen LogP contribution in [0, 0.1) is 0 Å². The highest BCUT2D eigenvalue weighted by atomic mass is 32.2. The Morgan fingerprint density at radius 1 is 1.03 bits per heavy atom. The van der Waals surface area contributed by atoms with Crippen molar-refractivity contribution in [2.75, 3.05) is 31.6 Å². The minimum atomic E-state index is -4.59. The molecule has 0 bridgehead atoms. The van der Waals surface area contributed by atoms with Crippen molar-refractivity contribution in [2.24, 2.45) is 0 Å². The lowest BCUT2D eigenvalue weighted by Gasteiger charge is -2.26. The van der Waals surface area contributed by atoms with E-state index >= 15 is 0 Å². The SMILES string of the molecule is O=C(C=Cc1ccc(S(=O)(=O)N2CCOCC2)cc1)Nc1ccccc1C(F)(F)F. The molecule has 10 heteroatoms. The van der Waals surface area contributed by atoms with Gasteiger partial charge in [-0.2, -0.15) is 17.5 Å². The highest BCUT2D eigenvalue weighted by Crippen LogP contribution is 2.34. The number of hydrogen-bond donors (Lipinski definition) is 1. The second-order valence-electron chi connectivity index (χ2n) is 6.45. The second-order valence-corrected chi connectivity index (χ2v) is 8.39. The highest BCUT2D eigenvalue weighted by molar-refractivity contribution is 7.89. The Morgan fingerprint density at radius 2 is 1.67 bits per heavy atom. The quantitative estimate of drug-likeness (QED) is 0.724. The summed E-state index contributed by atoms with van der Waals surface area (Å²) in [6.45, 7) is 1.24. The monoisotopic (exact) mass is 440 g/mol. The first kappa shape index (κ1) is 22.0. The predicted molar refractivity (Wildman–Crippen MR) is 105 cm³/mol. The van der Waals surface area contributed by atoms with Gasteiger partial charge in [0.25, 0.3) is 0 Å². The topological polar surface area (TPSA) is 75.7 Å². The number of nitrogens with zero attached hydrogens (tertiary/aromatic N) is 1. The Hall–Kier alpha value is -2.69. The molecule has 0 spiro atoms. The van der Waals surface area contributed by atoms with Crippen molar-refractivity contribution >= 4 is 27.7 Å². The number of halogens is 3. The van der Waals surface area contributed by atoms with E-state index in [1.807, 2.05) is 0 Å². The summed E-state index contributed by atoms with van der Waals surface area (Å²) >= 11 is 0. The number of alkyl halides is 3. The minimum Gasteiger partial charge on any atom is -0.379 e. The fraction of sp³-hybridized carbons (Fsp3) is 0.250. The molecule has 1 saturated heterocycles. The van der Waals surface area contributed by atoms with Gasteiger partial charge in [0, 0.05) is 19.2 Å². The molecule has 0 unspecified atom stereocenters. The van der Waals surface area contributed by atoms with Crippen molar-refractivity contribution < 1.29 is 31.1 Å². The zero-order valence-electron chi connectivity index (χ0n) is 15.7. The van der Waals surface area contributed by atoms with E-state index in [4.69, 9.17) is 4.74 Å². The maximum atomic E-state index is 13.0. The lowest BCUT2D eigenvalue weighted by atomic mass is 10.1. The Labute approximate surface area is 172 Å². The summed E-state index contributed by atoms with van der Waals surface area (Å²) in [5.74, 6) is -0.739. The summed E-state index contributed by atoms with van der Waals surface area (Å²) < 4.78 is 70.6. The first-order valence-corrected chi connectivity index (χ1v) is 10.5. The smallest absolute Gasteiger partial charge is 0.379 e. The highest BCUT2D eigenvalue weighted by Gasteiger charge is 2.33. The maximum absolute atomic E-state index is 13.0. The van der Waals surface area contributed by atoms with E-state index in [1.165, 1.54) is 52.8 Å². The fourth-order valence-corrected chi connectivity index (χ4v) is 4.28. The van der Waals surface area contributed by atoms with Gasteiger partial charge in [0.2, 0.25) is 15.9 Å². The van der Waals surface area contributed by atoms with E-state index in [-0.39, 0.29) is 23.7 Å². The maximum Gasteiger partial charge on any atom is 0.418 e. The van der Waals surface area contributed by atoms with Crippen LogP contribution in [0.3, 0.4) is 0 Å². The molecule has 1 fully saturated rings. The number of anilines is 1. The van der Waals surface area contributed by atoms with Crippen molar-refractivity contribution in [1.29, 1.82) is 0 Å². The molecule has 1 aliphatic rings. The zero-order chi connectivity index (χ0) is 21.8. The summed E-state index contributed by atoms with van der Waals surface area (Å²) in [4.78, 5) is 12.1. The molecule has 6 nitrogen and oxygen atoms in total. The number of sulfonamides is 1. The summed E-state index contributed by atoms with van der Waals surface area (Å²) in [5.41, 5.74) is -0.758. The molecule has 1 heterocycles. The van der Waals surface area contributed by atoms with Gasteiger partial charge in [-0.25, -0.2) is 8.42 Å². The number of benzene rings is 2. The van der Waals surface area contributed by atoms with Crippen molar-refractivity contribution in [1.82, 2.24) is 4.31 Å². The number of ether oxygens (including phenoxy) is 1. The average Bonchev–Trinajstić information content (AvgIpc) is 2.73. The molecule has 1 N–H and O–H groups in total. The van der Waals surface area contributed by atoms with Gasteiger partial charge in [0.05, 0.1) is 29.4 Å². The van der Waals surface area contributed by atoms with Gasteiger partial charge in [0.15, 0.2) is 0 Å². The van der Waals surface area contributed by atoms with E-state index < -0.39 is 27.7 Å². The van der Waals surface area contributed by atoms with Crippen LogP contribution in [0.4, 0.5) is 18.9 Å². The molecule has 0 atom stereocenters. The number of rotatable bonds is 5. The number of para-hydroxylation sites is 1. The van der Waals surface area contributed by atoms with Crippen molar-refractivity contribution in [2.45, 2.75) is 11.1 Å². The molecule has 2 aromatic carbocycles. The Bertz CT molecular complexity index is 1030. The largest absolute Gasteiger partial charge is 0.418 e. The molecule has 30 heavy (non-hydrogen) atoms. The van der Waals surface area contributed by atoms with Crippen molar-refractivity contribution in [3.8, 4) is 0 Å². The molecular weight excluding hydrogens is 421 g/mol. The molecule has 0 aliphatic carbocycles. The molecule has 0 radical (unpaired) electrons. The molecule has 1 aliphatic heterocycles.